The highest BCUT2D eigenvalue weighted by Crippen LogP contribution is 2.29. The molecule has 0 aliphatic rings. The number of carbonyl (C=O) groups is 2. The molecule has 0 aliphatic heterocycles. The van der Waals surface area contributed by atoms with Gasteiger partial charge in [-0.2, -0.15) is 0 Å². The minimum Gasteiger partial charge on any atom is -0.493 e. The molecule has 8 heteroatoms. The molecule has 1 atom stereocenters. The summed E-state index contributed by atoms with van der Waals surface area (Å²) in [5, 5.41) is 14.8. The molecule has 0 spiro atoms. The third kappa shape index (κ3) is 5.18. The lowest BCUT2D eigenvalue weighted by Crippen LogP contribution is -2.37. The molecule has 7 nitrogen and oxygen atoms in total. The fourth-order valence-corrected chi connectivity index (χ4v) is 2.31. The van der Waals surface area contributed by atoms with Gasteiger partial charge in [-0.1, -0.05) is 12.1 Å². The first kappa shape index (κ1) is 20.2. The number of amides is 2. The van der Waals surface area contributed by atoms with Crippen molar-refractivity contribution in [1.82, 2.24) is 5.32 Å². The van der Waals surface area contributed by atoms with Crippen LogP contribution in [0.1, 0.15) is 17.2 Å². The van der Waals surface area contributed by atoms with E-state index in [0.29, 0.717) is 22.6 Å². The summed E-state index contributed by atoms with van der Waals surface area (Å²) in [5.41, 5.74) is 1.07. The number of methoxy groups -OCH3 is 2. The fourth-order valence-electron chi connectivity index (χ4n) is 2.31. The molecule has 3 N–H and O–H groups in total. The molecule has 2 aromatic rings. The van der Waals surface area contributed by atoms with Crippen LogP contribution in [0.3, 0.4) is 0 Å². The zero-order valence-electron chi connectivity index (χ0n) is 15.2. The van der Waals surface area contributed by atoms with Crippen molar-refractivity contribution in [3.8, 4) is 11.5 Å². The van der Waals surface area contributed by atoms with Crippen LogP contribution in [-0.4, -0.2) is 37.7 Å². The van der Waals surface area contributed by atoms with Crippen LogP contribution < -0.4 is 20.1 Å². The second-order valence-corrected chi connectivity index (χ2v) is 5.76. The first-order valence-corrected chi connectivity index (χ1v) is 8.11. The van der Waals surface area contributed by atoms with E-state index in [9.17, 15) is 19.1 Å². The maximum Gasteiger partial charge on any atom is 0.313 e. The van der Waals surface area contributed by atoms with Crippen molar-refractivity contribution in [2.45, 2.75) is 13.0 Å². The van der Waals surface area contributed by atoms with Crippen molar-refractivity contribution in [1.29, 1.82) is 0 Å². The Bertz CT molecular complexity index is 841. The molecule has 0 saturated carbocycles. The Balaban J connectivity index is 1.93. The molecule has 2 amide bonds. The SMILES string of the molecule is COc1ccc(C(O)CNC(=O)C(=O)Nc2ccc(C)c(F)c2)cc1OC. The Morgan fingerprint density at radius 3 is 2.41 bits per heavy atom. The topological polar surface area (TPSA) is 96.9 Å². The molecular formula is C19H21FN2O5. The Morgan fingerprint density at radius 2 is 1.78 bits per heavy atom. The van der Waals surface area contributed by atoms with Crippen LogP contribution in [0.2, 0.25) is 0 Å². The standard InChI is InChI=1S/C19H21FN2O5/c1-11-4-6-13(9-14(11)20)22-19(25)18(24)21-10-15(23)12-5-7-16(26-2)17(8-12)27-3/h4-9,15,23H,10H2,1-3H3,(H,21,24)(H,22,25). The van der Waals surface area contributed by atoms with Crippen LogP contribution in [0.4, 0.5) is 10.1 Å². The van der Waals surface area contributed by atoms with Crippen molar-refractivity contribution in [3.63, 3.8) is 0 Å². The van der Waals surface area contributed by atoms with Crippen LogP contribution in [-0.2, 0) is 9.59 Å². The predicted molar refractivity (Wildman–Crippen MR) is 97.3 cm³/mol. The molecule has 0 aliphatic carbocycles. The maximum atomic E-state index is 13.5. The lowest BCUT2D eigenvalue weighted by Gasteiger charge is -2.15. The lowest BCUT2D eigenvalue weighted by atomic mass is 10.1. The van der Waals surface area contributed by atoms with E-state index in [1.807, 2.05) is 0 Å². The van der Waals surface area contributed by atoms with Gasteiger partial charge in [0.2, 0.25) is 0 Å². The van der Waals surface area contributed by atoms with Gasteiger partial charge in [0.25, 0.3) is 0 Å². The third-order valence-electron chi connectivity index (χ3n) is 3.88. The number of nitrogens with one attached hydrogen (secondary N) is 2. The second kappa shape index (κ2) is 9.00. The highest BCUT2D eigenvalue weighted by atomic mass is 19.1. The number of anilines is 1. The Morgan fingerprint density at radius 1 is 1.07 bits per heavy atom. The van der Waals surface area contributed by atoms with E-state index in [-0.39, 0.29) is 12.2 Å². The number of carbonyl (C=O) groups excluding carboxylic acids is 2. The molecule has 27 heavy (non-hydrogen) atoms. The van der Waals surface area contributed by atoms with Gasteiger partial charge in [-0.25, -0.2) is 4.39 Å². The molecule has 2 aromatic carbocycles. The number of hydrogen-bond donors (Lipinski definition) is 3. The number of aryl methyl sites for hydroxylation is 1. The molecule has 0 heterocycles. The first-order valence-electron chi connectivity index (χ1n) is 8.11. The number of rotatable bonds is 6. The van der Waals surface area contributed by atoms with Gasteiger partial charge in [0.1, 0.15) is 5.82 Å². The Hall–Kier alpha value is -3.13. The van der Waals surface area contributed by atoms with E-state index in [0.717, 1.165) is 6.07 Å². The quantitative estimate of drug-likeness (QED) is 0.670. The van der Waals surface area contributed by atoms with Gasteiger partial charge in [-0.05, 0) is 42.3 Å². The van der Waals surface area contributed by atoms with E-state index in [4.69, 9.17) is 9.47 Å². The lowest BCUT2D eigenvalue weighted by molar-refractivity contribution is -0.136. The molecule has 0 fully saturated rings. The number of aliphatic hydroxyl groups excluding tert-OH is 1. The van der Waals surface area contributed by atoms with Crippen molar-refractivity contribution in [2.24, 2.45) is 0 Å². The van der Waals surface area contributed by atoms with Crippen LogP contribution >= 0.6 is 0 Å². The van der Waals surface area contributed by atoms with Crippen LogP contribution in [0.25, 0.3) is 0 Å². The van der Waals surface area contributed by atoms with E-state index >= 15 is 0 Å². The number of hydrogen-bond acceptors (Lipinski definition) is 5. The summed E-state index contributed by atoms with van der Waals surface area (Å²) in [6.07, 6.45) is -1.06. The molecule has 0 bridgehead atoms. The number of aliphatic hydroxyl groups is 1. The van der Waals surface area contributed by atoms with Crippen LogP contribution in [0.15, 0.2) is 36.4 Å². The van der Waals surface area contributed by atoms with E-state index in [1.165, 1.54) is 26.4 Å². The van der Waals surface area contributed by atoms with Gasteiger partial charge in [0, 0.05) is 12.2 Å². The van der Waals surface area contributed by atoms with Gasteiger partial charge in [-0.3, -0.25) is 9.59 Å². The largest absolute Gasteiger partial charge is 0.493 e. The van der Waals surface area contributed by atoms with Gasteiger partial charge < -0.3 is 25.2 Å². The zero-order chi connectivity index (χ0) is 20.0. The number of benzene rings is 2. The predicted octanol–water partition coefficient (Wildman–Crippen LogP) is 1.94. The summed E-state index contributed by atoms with van der Waals surface area (Å²) >= 11 is 0. The van der Waals surface area contributed by atoms with Gasteiger partial charge in [0.15, 0.2) is 11.5 Å². The van der Waals surface area contributed by atoms with Crippen LogP contribution in [0, 0.1) is 12.7 Å². The second-order valence-electron chi connectivity index (χ2n) is 5.76. The van der Waals surface area contributed by atoms with E-state index < -0.39 is 23.7 Å². The average molecular weight is 376 g/mol. The van der Waals surface area contributed by atoms with Crippen molar-refractivity contribution >= 4 is 17.5 Å². The maximum absolute atomic E-state index is 13.5. The number of halogens is 1. The molecule has 0 radical (unpaired) electrons. The Kier molecular flexibility index (Phi) is 6.73. The van der Waals surface area contributed by atoms with Crippen molar-refractivity contribution < 1.29 is 28.6 Å². The summed E-state index contributed by atoms with van der Waals surface area (Å²) < 4.78 is 23.8. The summed E-state index contributed by atoms with van der Waals surface area (Å²) in [6, 6.07) is 8.92. The molecule has 0 aromatic heterocycles. The van der Waals surface area contributed by atoms with Crippen LogP contribution in [0.5, 0.6) is 11.5 Å². The van der Waals surface area contributed by atoms with Crippen molar-refractivity contribution in [2.75, 3.05) is 26.1 Å². The summed E-state index contributed by atoms with van der Waals surface area (Å²) in [5.74, 6) is -1.47. The van der Waals surface area contributed by atoms with Gasteiger partial charge in [0.05, 0.1) is 20.3 Å². The monoisotopic (exact) mass is 376 g/mol. The van der Waals surface area contributed by atoms with E-state index in [2.05, 4.69) is 10.6 Å². The summed E-state index contributed by atoms with van der Waals surface area (Å²) in [6.45, 7) is 1.40. The average Bonchev–Trinajstić information content (AvgIpc) is 2.67. The molecule has 2 rings (SSSR count). The molecule has 144 valence electrons. The molecular weight excluding hydrogens is 355 g/mol. The van der Waals surface area contributed by atoms with Gasteiger partial charge in [-0.15, -0.1) is 0 Å². The van der Waals surface area contributed by atoms with Crippen molar-refractivity contribution in [3.05, 3.63) is 53.3 Å². The summed E-state index contributed by atoms with van der Waals surface area (Å²) in [4.78, 5) is 23.8. The number of ether oxygens (including phenoxy) is 2. The Labute approximate surface area is 156 Å². The third-order valence-corrected chi connectivity index (χ3v) is 3.88. The molecule has 1 unspecified atom stereocenters. The fraction of sp³-hybridized carbons (Fsp3) is 0.263. The van der Waals surface area contributed by atoms with Gasteiger partial charge >= 0.3 is 11.8 Å². The normalized spacial score (nSPS) is 11.4. The highest BCUT2D eigenvalue weighted by molar-refractivity contribution is 6.39. The minimum atomic E-state index is -1.06. The summed E-state index contributed by atoms with van der Waals surface area (Å²) in [7, 11) is 2.96. The van der Waals surface area contributed by atoms with E-state index in [1.54, 1.807) is 25.1 Å². The zero-order valence-corrected chi connectivity index (χ0v) is 15.2. The first-order chi connectivity index (χ1) is 12.8. The molecule has 0 saturated heterocycles. The minimum absolute atomic E-state index is 0.165. The smallest absolute Gasteiger partial charge is 0.313 e. The highest BCUT2D eigenvalue weighted by Gasteiger charge is 2.17.